The van der Waals surface area contributed by atoms with E-state index in [1.54, 1.807) is 12.1 Å². The molecule has 0 aliphatic carbocycles. The van der Waals surface area contributed by atoms with Crippen LogP contribution in [0.3, 0.4) is 0 Å². The summed E-state index contributed by atoms with van der Waals surface area (Å²) in [6, 6.07) is 11.6. The van der Waals surface area contributed by atoms with Gasteiger partial charge >= 0.3 is 0 Å². The molecule has 2 atom stereocenters. The van der Waals surface area contributed by atoms with Crippen molar-refractivity contribution < 1.29 is 27.6 Å². The molecule has 8 nitrogen and oxygen atoms in total. The normalized spacial score (nSPS) is 15.2. The summed E-state index contributed by atoms with van der Waals surface area (Å²) in [6.45, 7) is 2.68. The Bertz CT molecular complexity index is 1010. The van der Waals surface area contributed by atoms with Crippen LogP contribution in [0, 0.1) is 0 Å². The molecule has 0 saturated carbocycles. The van der Waals surface area contributed by atoms with Gasteiger partial charge < -0.3 is 19.7 Å². The fourth-order valence-corrected chi connectivity index (χ4v) is 3.89. The number of nitrogens with zero attached hydrogens (tertiary/aromatic N) is 1. The molecule has 1 aliphatic heterocycles. The second kappa shape index (κ2) is 8.40. The molecule has 0 spiro atoms. The Morgan fingerprint density at radius 2 is 1.90 bits per heavy atom. The van der Waals surface area contributed by atoms with E-state index >= 15 is 0 Å². The van der Waals surface area contributed by atoms with E-state index in [-0.39, 0.29) is 23.6 Å². The van der Waals surface area contributed by atoms with E-state index in [4.69, 9.17) is 9.47 Å². The Balaban J connectivity index is 1.66. The lowest BCUT2D eigenvalue weighted by Crippen LogP contribution is -3.12. The molecule has 1 amide bonds. The van der Waals surface area contributed by atoms with E-state index in [2.05, 4.69) is 5.32 Å². The fraction of sp³-hybridized carbons (Fsp3) is 0.350. The number of anilines is 1. The van der Waals surface area contributed by atoms with Gasteiger partial charge in [-0.05, 0) is 43.3 Å². The number of benzene rings is 2. The Hall–Kier alpha value is -2.62. The van der Waals surface area contributed by atoms with Gasteiger partial charge in [-0.25, -0.2) is 12.7 Å². The van der Waals surface area contributed by atoms with E-state index in [0.717, 1.165) is 20.5 Å². The summed E-state index contributed by atoms with van der Waals surface area (Å²) in [7, 11) is 1.31. The number of likely N-dealkylation sites (N-methyl/N-ethyl adjacent to an activating group) is 1. The molecule has 156 valence electrons. The molecule has 2 aromatic rings. The van der Waals surface area contributed by atoms with Crippen molar-refractivity contribution in [1.29, 1.82) is 0 Å². The molecule has 1 heterocycles. The van der Waals surface area contributed by atoms with Gasteiger partial charge in [-0.2, -0.15) is 0 Å². The summed E-state index contributed by atoms with van der Waals surface area (Å²) in [4.78, 5) is 13.8. The quantitative estimate of drug-likeness (QED) is 0.689. The average Bonchev–Trinajstić information content (AvgIpc) is 3.15. The van der Waals surface area contributed by atoms with Gasteiger partial charge in [0.05, 0.1) is 11.9 Å². The monoisotopic (exact) mass is 420 g/mol. The van der Waals surface area contributed by atoms with Crippen molar-refractivity contribution in [3.63, 3.8) is 0 Å². The lowest BCUT2D eigenvalue weighted by molar-refractivity contribution is -0.907. The van der Waals surface area contributed by atoms with E-state index in [9.17, 15) is 13.2 Å². The topological polar surface area (TPSA) is 89.4 Å². The summed E-state index contributed by atoms with van der Waals surface area (Å²) in [6.07, 6.45) is 0. The van der Waals surface area contributed by atoms with Crippen molar-refractivity contribution in [2.24, 2.45) is 0 Å². The Labute approximate surface area is 171 Å². The van der Waals surface area contributed by atoms with Gasteiger partial charge in [0.2, 0.25) is 16.8 Å². The van der Waals surface area contributed by atoms with E-state index < -0.39 is 10.0 Å². The van der Waals surface area contributed by atoms with Crippen LogP contribution in [0.2, 0.25) is 0 Å². The molecular formula is C20H26N3O5S+. The third-order valence-corrected chi connectivity index (χ3v) is 6.74. The van der Waals surface area contributed by atoms with Crippen LogP contribution in [-0.4, -0.2) is 52.6 Å². The molecular weight excluding hydrogens is 394 g/mol. The molecule has 0 fully saturated rings. The molecule has 1 aliphatic rings. The highest BCUT2D eigenvalue weighted by atomic mass is 32.2. The first-order chi connectivity index (χ1) is 13.7. The van der Waals surface area contributed by atoms with Gasteiger partial charge in [-0.15, -0.1) is 0 Å². The highest BCUT2D eigenvalue weighted by Gasteiger charge is 2.24. The molecule has 9 heteroatoms. The number of hydrogen-bond donors (Lipinski definition) is 2. The van der Waals surface area contributed by atoms with Crippen LogP contribution in [0.25, 0.3) is 0 Å². The number of nitrogens with one attached hydrogen (secondary N) is 2. The van der Waals surface area contributed by atoms with Crippen LogP contribution in [0.5, 0.6) is 11.5 Å². The van der Waals surface area contributed by atoms with Crippen LogP contribution >= 0.6 is 0 Å². The standard InChI is InChI=1S/C20H25N3O5S/c1-14(23(4)12-15-8-9-18-19(10-15)28-13-27-18)20(24)21-16-6-5-7-17(11-16)29(25,26)22(2)3/h5-11,14H,12-13H2,1-4H3,(H,21,24)/p+1/t14-/m0/s1. The first kappa shape index (κ1) is 21.1. The highest BCUT2D eigenvalue weighted by Crippen LogP contribution is 2.32. The molecule has 2 N–H and O–H groups in total. The van der Waals surface area contributed by atoms with Gasteiger partial charge in [-0.3, -0.25) is 4.79 Å². The number of ether oxygens (including phenoxy) is 2. The van der Waals surface area contributed by atoms with E-state index in [1.807, 2.05) is 32.2 Å². The number of hydrogen-bond acceptors (Lipinski definition) is 5. The average molecular weight is 421 g/mol. The maximum absolute atomic E-state index is 12.7. The lowest BCUT2D eigenvalue weighted by atomic mass is 10.1. The molecule has 0 radical (unpaired) electrons. The number of fused-ring (bicyclic) bond motifs is 1. The van der Waals surface area contributed by atoms with Gasteiger partial charge in [0.25, 0.3) is 5.91 Å². The van der Waals surface area contributed by atoms with Crippen molar-refractivity contribution in [2.75, 3.05) is 33.3 Å². The van der Waals surface area contributed by atoms with Crippen molar-refractivity contribution in [3.05, 3.63) is 48.0 Å². The summed E-state index contributed by atoms with van der Waals surface area (Å²) < 4.78 is 36.4. The zero-order chi connectivity index (χ0) is 21.2. The van der Waals surface area contributed by atoms with E-state index in [0.29, 0.717) is 18.0 Å². The smallest absolute Gasteiger partial charge is 0.282 e. The summed E-state index contributed by atoms with van der Waals surface area (Å²) >= 11 is 0. The summed E-state index contributed by atoms with van der Waals surface area (Å²) in [5.41, 5.74) is 1.48. The van der Waals surface area contributed by atoms with Crippen LogP contribution in [0.15, 0.2) is 47.4 Å². The van der Waals surface area contributed by atoms with Crippen molar-refractivity contribution >= 4 is 21.6 Å². The molecule has 0 saturated heterocycles. The number of quaternary nitrogens is 1. The predicted molar refractivity (Wildman–Crippen MR) is 109 cm³/mol. The molecule has 0 bridgehead atoms. The van der Waals surface area contributed by atoms with Gasteiger partial charge in [0.1, 0.15) is 6.54 Å². The number of amides is 1. The SMILES string of the molecule is C[C@@H](C(=O)Nc1cccc(S(=O)(=O)N(C)C)c1)[NH+](C)Cc1ccc2c(c1)OCO2. The first-order valence-electron chi connectivity index (χ1n) is 9.23. The molecule has 2 aromatic carbocycles. The number of carbonyl (C=O) groups is 1. The number of sulfonamides is 1. The maximum atomic E-state index is 12.7. The lowest BCUT2D eigenvalue weighted by Gasteiger charge is -2.21. The summed E-state index contributed by atoms with van der Waals surface area (Å²) in [5.74, 6) is 1.25. The van der Waals surface area contributed by atoms with Gasteiger partial charge in [0.15, 0.2) is 17.5 Å². The zero-order valence-electron chi connectivity index (χ0n) is 16.9. The fourth-order valence-electron chi connectivity index (χ4n) is 2.95. The van der Waals surface area contributed by atoms with Crippen LogP contribution in [-0.2, 0) is 21.4 Å². The second-order valence-electron chi connectivity index (χ2n) is 7.24. The Kier molecular flexibility index (Phi) is 6.11. The largest absolute Gasteiger partial charge is 0.454 e. The minimum Gasteiger partial charge on any atom is -0.454 e. The Morgan fingerprint density at radius 3 is 2.62 bits per heavy atom. The molecule has 3 rings (SSSR count). The van der Waals surface area contributed by atoms with E-state index in [1.165, 1.54) is 26.2 Å². The Morgan fingerprint density at radius 1 is 1.17 bits per heavy atom. The second-order valence-corrected chi connectivity index (χ2v) is 9.39. The van der Waals surface area contributed by atoms with Crippen LogP contribution < -0.4 is 19.7 Å². The van der Waals surface area contributed by atoms with Crippen LogP contribution in [0.4, 0.5) is 5.69 Å². The number of rotatable bonds is 7. The van der Waals surface area contributed by atoms with Crippen LogP contribution in [0.1, 0.15) is 12.5 Å². The summed E-state index contributed by atoms with van der Waals surface area (Å²) in [5, 5.41) is 2.81. The van der Waals surface area contributed by atoms with Crippen molar-refractivity contribution in [3.8, 4) is 11.5 Å². The molecule has 29 heavy (non-hydrogen) atoms. The predicted octanol–water partition coefficient (Wildman–Crippen LogP) is 0.708. The molecule has 0 aromatic heterocycles. The van der Waals surface area contributed by atoms with Gasteiger partial charge in [-0.1, -0.05) is 6.07 Å². The number of carbonyl (C=O) groups excluding carboxylic acids is 1. The minimum absolute atomic E-state index is 0.133. The molecule has 1 unspecified atom stereocenters. The maximum Gasteiger partial charge on any atom is 0.282 e. The first-order valence-corrected chi connectivity index (χ1v) is 10.7. The van der Waals surface area contributed by atoms with Gasteiger partial charge in [0, 0.05) is 25.3 Å². The third-order valence-electron chi connectivity index (χ3n) is 4.93. The van der Waals surface area contributed by atoms with Crippen molar-refractivity contribution in [1.82, 2.24) is 4.31 Å². The minimum atomic E-state index is -3.56. The highest BCUT2D eigenvalue weighted by molar-refractivity contribution is 7.89. The van der Waals surface area contributed by atoms with Crippen molar-refractivity contribution in [2.45, 2.75) is 24.4 Å². The zero-order valence-corrected chi connectivity index (χ0v) is 17.7. The third kappa shape index (κ3) is 4.69.